The first kappa shape index (κ1) is 19.2. The Labute approximate surface area is 136 Å². The van der Waals surface area contributed by atoms with E-state index in [0.29, 0.717) is 19.6 Å². The van der Waals surface area contributed by atoms with Gasteiger partial charge in [0.25, 0.3) is 0 Å². The normalized spacial score (nSPS) is 14.0. The summed E-state index contributed by atoms with van der Waals surface area (Å²) in [7, 11) is -3.04. The molecule has 0 fully saturated rings. The standard InChI is InChI=1S/C18H30O3S/c1-5-16(17-10-7-6-8-11-17)14-22(19,20)13-9-12-21-15-18(2,3)4/h6-8,10-11,16H,5,9,12-15H2,1-4H3/t16-/m0/s1. The zero-order valence-corrected chi connectivity index (χ0v) is 15.2. The van der Waals surface area contributed by atoms with Crippen molar-refractivity contribution in [3.05, 3.63) is 35.9 Å². The summed E-state index contributed by atoms with van der Waals surface area (Å²) in [6.45, 7) is 9.53. The molecule has 0 amide bonds. The molecule has 0 bridgehead atoms. The highest BCUT2D eigenvalue weighted by Crippen LogP contribution is 2.21. The molecule has 4 heteroatoms. The zero-order chi connectivity index (χ0) is 16.6. The Bertz CT molecular complexity index is 515. The fourth-order valence-electron chi connectivity index (χ4n) is 2.32. The van der Waals surface area contributed by atoms with Crippen LogP contribution in [0.2, 0.25) is 0 Å². The lowest BCUT2D eigenvalue weighted by molar-refractivity contribution is 0.0720. The molecule has 0 saturated carbocycles. The van der Waals surface area contributed by atoms with Crippen molar-refractivity contribution in [3.63, 3.8) is 0 Å². The fraction of sp³-hybridized carbons (Fsp3) is 0.667. The Hall–Kier alpha value is -0.870. The number of ether oxygens (including phenoxy) is 1. The van der Waals surface area contributed by atoms with Gasteiger partial charge in [-0.25, -0.2) is 8.42 Å². The maximum Gasteiger partial charge on any atom is 0.151 e. The van der Waals surface area contributed by atoms with Crippen molar-refractivity contribution in [2.24, 2.45) is 5.41 Å². The van der Waals surface area contributed by atoms with Gasteiger partial charge in [0.1, 0.15) is 0 Å². The maximum absolute atomic E-state index is 12.3. The smallest absolute Gasteiger partial charge is 0.151 e. The second-order valence-electron chi connectivity index (χ2n) is 7.10. The summed E-state index contributed by atoms with van der Waals surface area (Å²) in [5.41, 5.74) is 1.23. The van der Waals surface area contributed by atoms with Gasteiger partial charge >= 0.3 is 0 Å². The molecule has 1 aromatic carbocycles. The van der Waals surface area contributed by atoms with Crippen molar-refractivity contribution in [3.8, 4) is 0 Å². The van der Waals surface area contributed by atoms with Crippen molar-refractivity contribution in [1.82, 2.24) is 0 Å². The summed E-state index contributed by atoms with van der Waals surface area (Å²) < 4.78 is 30.1. The lowest BCUT2D eigenvalue weighted by atomic mass is 9.99. The van der Waals surface area contributed by atoms with Gasteiger partial charge in [0.05, 0.1) is 18.1 Å². The molecule has 0 aliphatic carbocycles. The van der Waals surface area contributed by atoms with E-state index in [-0.39, 0.29) is 22.8 Å². The van der Waals surface area contributed by atoms with Crippen molar-refractivity contribution < 1.29 is 13.2 Å². The highest BCUT2D eigenvalue weighted by molar-refractivity contribution is 7.91. The molecule has 0 N–H and O–H groups in total. The SMILES string of the molecule is CC[C@@H](CS(=O)(=O)CCCOCC(C)(C)C)c1ccccc1. The van der Waals surface area contributed by atoms with Crippen molar-refractivity contribution in [2.45, 2.75) is 46.5 Å². The quantitative estimate of drug-likeness (QED) is 0.643. The van der Waals surface area contributed by atoms with E-state index >= 15 is 0 Å². The molecule has 0 aromatic heterocycles. The zero-order valence-electron chi connectivity index (χ0n) is 14.3. The van der Waals surface area contributed by atoms with Crippen molar-refractivity contribution in [1.29, 1.82) is 0 Å². The van der Waals surface area contributed by atoms with Crippen LogP contribution < -0.4 is 0 Å². The first-order valence-electron chi connectivity index (χ1n) is 8.06. The van der Waals surface area contributed by atoms with Gasteiger partial charge in [0.15, 0.2) is 9.84 Å². The van der Waals surface area contributed by atoms with E-state index < -0.39 is 9.84 Å². The number of sulfone groups is 1. The lowest BCUT2D eigenvalue weighted by Crippen LogP contribution is -2.20. The second kappa shape index (κ2) is 8.68. The molecular formula is C18H30O3S. The van der Waals surface area contributed by atoms with Crippen LogP contribution in [0.25, 0.3) is 0 Å². The Balaban J connectivity index is 2.42. The molecule has 126 valence electrons. The van der Waals surface area contributed by atoms with E-state index in [1.165, 1.54) is 0 Å². The average Bonchev–Trinajstić information content (AvgIpc) is 2.44. The summed E-state index contributed by atoms with van der Waals surface area (Å²) in [5.74, 6) is 0.523. The van der Waals surface area contributed by atoms with Crippen molar-refractivity contribution >= 4 is 9.84 Å². The van der Waals surface area contributed by atoms with E-state index in [4.69, 9.17) is 4.74 Å². The molecule has 0 saturated heterocycles. The predicted molar refractivity (Wildman–Crippen MR) is 93.0 cm³/mol. The number of rotatable bonds is 9. The van der Waals surface area contributed by atoms with Crippen LogP contribution >= 0.6 is 0 Å². The minimum absolute atomic E-state index is 0.0849. The minimum Gasteiger partial charge on any atom is -0.381 e. The molecule has 0 spiro atoms. The van der Waals surface area contributed by atoms with Gasteiger partial charge in [-0.2, -0.15) is 0 Å². The molecule has 3 nitrogen and oxygen atoms in total. The summed E-state index contributed by atoms with van der Waals surface area (Å²) in [6.07, 6.45) is 1.41. The van der Waals surface area contributed by atoms with Crippen LogP contribution in [0.5, 0.6) is 0 Å². The van der Waals surface area contributed by atoms with E-state index in [0.717, 1.165) is 12.0 Å². The van der Waals surface area contributed by atoms with Gasteiger partial charge in [-0.05, 0) is 29.7 Å². The van der Waals surface area contributed by atoms with E-state index in [1.807, 2.05) is 37.3 Å². The molecule has 1 atom stereocenters. The molecule has 22 heavy (non-hydrogen) atoms. The van der Waals surface area contributed by atoms with Gasteiger partial charge in [-0.15, -0.1) is 0 Å². The van der Waals surface area contributed by atoms with Crippen LogP contribution in [-0.2, 0) is 14.6 Å². The highest BCUT2D eigenvalue weighted by Gasteiger charge is 2.19. The van der Waals surface area contributed by atoms with Gasteiger partial charge < -0.3 is 4.74 Å². The molecule has 0 aliphatic heterocycles. The summed E-state index contributed by atoms with van der Waals surface area (Å²) >= 11 is 0. The fourth-order valence-corrected chi connectivity index (χ4v) is 4.09. The third-order valence-electron chi connectivity index (χ3n) is 3.50. The minimum atomic E-state index is -3.04. The number of hydrogen-bond donors (Lipinski definition) is 0. The topological polar surface area (TPSA) is 43.4 Å². The van der Waals surface area contributed by atoms with E-state index in [9.17, 15) is 8.42 Å². The van der Waals surface area contributed by atoms with Gasteiger partial charge in [0, 0.05) is 6.61 Å². The van der Waals surface area contributed by atoms with Gasteiger partial charge in [0.2, 0.25) is 0 Å². The van der Waals surface area contributed by atoms with Crippen LogP contribution in [-0.4, -0.2) is 33.1 Å². The lowest BCUT2D eigenvalue weighted by Gasteiger charge is -2.18. The Morgan fingerprint density at radius 3 is 2.32 bits per heavy atom. The Kier molecular flexibility index (Phi) is 7.57. The van der Waals surface area contributed by atoms with Crippen LogP contribution in [0, 0.1) is 5.41 Å². The van der Waals surface area contributed by atoms with Crippen LogP contribution in [0.1, 0.15) is 52.0 Å². The molecule has 0 aliphatic rings. The average molecular weight is 327 g/mol. The number of benzene rings is 1. The first-order valence-corrected chi connectivity index (χ1v) is 9.89. The summed E-state index contributed by atoms with van der Waals surface area (Å²) in [4.78, 5) is 0. The monoisotopic (exact) mass is 326 g/mol. The Morgan fingerprint density at radius 1 is 1.14 bits per heavy atom. The van der Waals surface area contributed by atoms with Crippen LogP contribution in [0.15, 0.2) is 30.3 Å². The highest BCUT2D eigenvalue weighted by atomic mass is 32.2. The molecule has 1 aromatic rings. The third kappa shape index (κ3) is 7.95. The van der Waals surface area contributed by atoms with E-state index in [1.54, 1.807) is 0 Å². The number of hydrogen-bond acceptors (Lipinski definition) is 3. The van der Waals surface area contributed by atoms with Crippen LogP contribution in [0.4, 0.5) is 0 Å². The molecule has 0 unspecified atom stereocenters. The van der Waals surface area contributed by atoms with E-state index in [2.05, 4.69) is 20.8 Å². The molecule has 0 radical (unpaired) electrons. The molecule has 0 heterocycles. The molecule has 1 rings (SSSR count). The van der Waals surface area contributed by atoms with Gasteiger partial charge in [-0.3, -0.25) is 0 Å². The first-order chi connectivity index (χ1) is 10.2. The summed E-state index contributed by atoms with van der Waals surface area (Å²) in [6, 6.07) is 9.90. The summed E-state index contributed by atoms with van der Waals surface area (Å²) in [5, 5.41) is 0. The predicted octanol–water partition coefficient (Wildman–Crippen LogP) is 4.05. The third-order valence-corrected chi connectivity index (χ3v) is 5.32. The van der Waals surface area contributed by atoms with Crippen molar-refractivity contribution in [2.75, 3.05) is 24.7 Å². The maximum atomic E-state index is 12.3. The van der Waals surface area contributed by atoms with Gasteiger partial charge in [-0.1, -0.05) is 58.0 Å². The van der Waals surface area contributed by atoms with Crippen LogP contribution in [0.3, 0.4) is 0 Å². The Morgan fingerprint density at radius 2 is 1.77 bits per heavy atom. The second-order valence-corrected chi connectivity index (χ2v) is 9.33. The molecular weight excluding hydrogens is 296 g/mol. The largest absolute Gasteiger partial charge is 0.381 e.